The molecule has 2 aliphatic rings. The Morgan fingerprint density at radius 3 is 2.64 bits per heavy atom. The van der Waals surface area contributed by atoms with Crippen molar-refractivity contribution >= 4 is 21.6 Å². The number of hydrogen-bond donors (Lipinski definition) is 0. The lowest BCUT2D eigenvalue weighted by Crippen LogP contribution is -2.50. The number of carbonyl (C=O) groups excluding carboxylic acids is 1. The minimum absolute atomic E-state index is 0.00157. The van der Waals surface area contributed by atoms with E-state index < -0.39 is 15.4 Å². The molecule has 1 atom stereocenters. The maximum absolute atomic E-state index is 12.9. The van der Waals surface area contributed by atoms with Crippen molar-refractivity contribution in [2.24, 2.45) is 5.41 Å². The second-order valence-electron chi connectivity index (χ2n) is 5.92. The molecule has 0 saturated carbocycles. The van der Waals surface area contributed by atoms with Crippen LogP contribution in [0.1, 0.15) is 26.2 Å². The number of piperidine rings is 1. The SMILES string of the molecule is CCS(=O)(=O)N1CCC[C@@]2(CCN(c3cncnc3)C2=O)C1. The van der Waals surface area contributed by atoms with Crippen molar-refractivity contribution in [1.29, 1.82) is 0 Å². The van der Waals surface area contributed by atoms with E-state index in [1.807, 2.05) is 0 Å². The molecular formula is C14H20N4O3S. The number of nitrogens with zero attached hydrogens (tertiary/aromatic N) is 4. The van der Waals surface area contributed by atoms with E-state index in [1.165, 1.54) is 10.6 Å². The summed E-state index contributed by atoms with van der Waals surface area (Å²) in [5.74, 6) is 0.0753. The molecule has 2 fully saturated rings. The van der Waals surface area contributed by atoms with Gasteiger partial charge < -0.3 is 4.90 Å². The molecule has 0 unspecified atom stereocenters. The van der Waals surface area contributed by atoms with Gasteiger partial charge in [0.15, 0.2) is 0 Å². The Bertz CT molecular complexity index is 664. The van der Waals surface area contributed by atoms with Gasteiger partial charge in [0.25, 0.3) is 0 Å². The zero-order valence-electron chi connectivity index (χ0n) is 12.6. The standard InChI is InChI=1S/C14H20N4O3S/c1-2-22(20,21)17-6-3-4-14(10-17)5-7-18(13(14)19)12-8-15-11-16-9-12/h8-9,11H,2-7,10H2,1H3/t14-/m1/s1. The van der Waals surface area contributed by atoms with E-state index in [0.717, 1.165) is 12.8 Å². The topological polar surface area (TPSA) is 83.5 Å². The van der Waals surface area contributed by atoms with E-state index in [-0.39, 0.29) is 11.7 Å². The van der Waals surface area contributed by atoms with E-state index in [2.05, 4.69) is 9.97 Å². The Balaban J connectivity index is 1.84. The molecule has 0 aromatic carbocycles. The first-order valence-electron chi connectivity index (χ1n) is 7.53. The molecule has 8 heteroatoms. The summed E-state index contributed by atoms with van der Waals surface area (Å²) in [6.45, 7) is 3.04. The molecule has 0 bridgehead atoms. The van der Waals surface area contributed by atoms with Crippen molar-refractivity contribution in [3.05, 3.63) is 18.7 Å². The van der Waals surface area contributed by atoms with E-state index in [9.17, 15) is 13.2 Å². The number of carbonyl (C=O) groups is 1. The Labute approximate surface area is 130 Å². The molecule has 1 amide bonds. The number of amides is 1. The molecule has 120 valence electrons. The maximum atomic E-state index is 12.9. The first-order valence-corrected chi connectivity index (χ1v) is 9.14. The molecule has 0 radical (unpaired) electrons. The molecule has 0 aliphatic carbocycles. The van der Waals surface area contributed by atoms with E-state index in [1.54, 1.807) is 24.2 Å². The lowest BCUT2D eigenvalue weighted by atomic mass is 9.79. The highest BCUT2D eigenvalue weighted by Gasteiger charge is 2.50. The van der Waals surface area contributed by atoms with Gasteiger partial charge in [0.05, 0.1) is 29.2 Å². The van der Waals surface area contributed by atoms with Crippen LogP contribution in [0.15, 0.2) is 18.7 Å². The van der Waals surface area contributed by atoms with Gasteiger partial charge in [-0.15, -0.1) is 0 Å². The zero-order valence-corrected chi connectivity index (χ0v) is 13.4. The minimum atomic E-state index is -3.25. The van der Waals surface area contributed by atoms with Gasteiger partial charge in [-0.25, -0.2) is 22.7 Å². The summed E-state index contributed by atoms with van der Waals surface area (Å²) in [6, 6.07) is 0. The average Bonchev–Trinajstić information content (AvgIpc) is 2.85. The average molecular weight is 324 g/mol. The van der Waals surface area contributed by atoms with Crippen LogP contribution in [0.3, 0.4) is 0 Å². The Morgan fingerprint density at radius 1 is 1.23 bits per heavy atom. The molecule has 7 nitrogen and oxygen atoms in total. The van der Waals surface area contributed by atoms with Crippen molar-refractivity contribution in [2.45, 2.75) is 26.2 Å². The second-order valence-corrected chi connectivity index (χ2v) is 8.18. The summed E-state index contributed by atoms with van der Waals surface area (Å²) in [6.07, 6.45) is 6.81. The van der Waals surface area contributed by atoms with E-state index >= 15 is 0 Å². The largest absolute Gasteiger partial charge is 0.309 e. The lowest BCUT2D eigenvalue weighted by Gasteiger charge is -2.38. The maximum Gasteiger partial charge on any atom is 0.234 e. The van der Waals surface area contributed by atoms with Crippen LogP contribution >= 0.6 is 0 Å². The minimum Gasteiger partial charge on any atom is -0.309 e. The second kappa shape index (κ2) is 5.58. The number of anilines is 1. The van der Waals surface area contributed by atoms with Crippen molar-refractivity contribution < 1.29 is 13.2 Å². The van der Waals surface area contributed by atoms with E-state index in [0.29, 0.717) is 31.7 Å². The first kappa shape index (κ1) is 15.4. The van der Waals surface area contributed by atoms with Crippen LogP contribution < -0.4 is 4.90 Å². The molecule has 2 aliphatic heterocycles. The van der Waals surface area contributed by atoms with Crippen LogP contribution in [0.5, 0.6) is 0 Å². The summed E-state index contributed by atoms with van der Waals surface area (Å²) in [7, 11) is -3.25. The summed E-state index contributed by atoms with van der Waals surface area (Å²) in [4.78, 5) is 22.5. The van der Waals surface area contributed by atoms with Gasteiger partial charge in [-0.3, -0.25) is 4.79 Å². The van der Waals surface area contributed by atoms with Gasteiger partial charge in [-0.05, 0) is 26.2 Å². The van der Waals surface area contributed by atoms with Crippen molar-refractivity contribution in [3.8, 4) is 0 Å². The molecule has 1 aromatic heterocycles. The summed E-state index contributed by atoms with van der Waals surface area (Å²) in [5, 5.41) is 0. The van der Waals surface area contributed by atoms with Crippen LogP contribution in [0.2, 0.25) is 0 Å². The van der Waals surface area contributed by atoms with Crippen molar-refractivity contribution in [3.63, 3.8) is 0 Å². The van der Waals surface area contributed by atoms with E-state index in [4.69, 9.17) is 0 Å². The van der Waals surface area contributed by atoms with Gasteiger partial charge in [0, 0.05) is 19.6 Å². The third-order valence-electron chi connectivity index (χ3n) is 4.67. The molecule has 1 aromatic rings. The number of rotatable bonds is 3. The fourth-order valence-electron chi connectivity index (χ4n) is 3.39. The Hall–Kier alpha value is -1.54. The van der Waals surface area contributed by atoms with Crippen LogP contribution in [0.4, 0.5) is 5.69 Å². The van der Waals surface area contributed by atoms with Gasteiger partial charge in [0.1, 0.15) is 6.33 Å². The first-order chi connectivity index (χ1) is 10.5. The Morgan fingerprint density at radius 2 is 1.95 bits per heavy atom. The number of sulfonamides is 1. The summed E-state index contributed by atoms with van der Waals surface area (Å²) >= 11 is 0. The number of hydrogen-bond acceptors (Lipinski definition) is 5. The fourth-order valence-corrected chi connectivity index (χ4v) is 4.60. The van der Waals surface area contributed by atoms with Gasteiger partial charge in [-0.2, -0.15) is 0 Å². The molecule has 0 N–H and O–H groups in total. The van der Waals surface area contributed by atoms with Crippen LogP contribution in [0.25, 0.3) is 0 Å². The smallest absolute Gasteiger partial charge is 0.234 e. The molecule has 3 rings (SSSR count). The zero-order chi connectivity index (χ0) is 15.8. The van der Waals surface area contributed by atoms with Crippen LogP contribution in [-0.2, 0) is 14.8 Å². The third-order valence-corrected chi connectivity index (χ3v) is 6.50. The van der Waals surface area contributed by atoms with Crippen LogP contribution in [0, 0.1) is 5.41 Å². The molecule has 22 heavy (non-hydrogen) atoms. The Kier molecular flexibility index (Phi) is 3.90. The number of aromatic nitrogens is 2. The summed E-state index contributed by atoms with van der Waals surface area (Å²) < 4.78 is 25.8. The highest BCUT2D eigenvalue weighted by atomic mass is 32.2. The fraction of sp³-hybridized carbons (Fsp3) is 0.643. The van der Waals surface area contributed by atoms with Crippen molar-refractivity contribution in [1.82, 2.24) is 14.3 Å². The monoisotopic (exact) mass is 324 g/mol. The van der Waals surface area contributed by atoms with Crippen molar-refractivity contribution in [2.75, 3.05) is 30.3 Å². The normalized spacial score (nSPS) is 26.8. The van der Waals surface area contributed by atoms with Crippen LogP contribution in [-0.4, -0.2) is 54.0 Å². The van der Waals surface area contributed by atoms with Gasteiger partial charge >= 0.3 is 0 Å². The predicted octanol–water partition coefficient (Wildman–Crippen LogP) is 0.645. The highest BCUT2D eigenvalue weighted by Crippen LogP contribution is 2.42. The highest BCUT2D eigenvalue weighted by molar-refractivity contribution is 7.89. The quantitative estimate of drug-likeness (QED) is 0.815. The lowest BCUT2D eigenvalue weighted by molar-refractivity contribution is -0.127. The molecule has 3 heterocycles. The van der Waals surface area contributed by atoms with Gasteiger partial charge in [-0.1, -0.05) is 0 Å². The molecule has 2 saturated heterocycles. The molecule has 1 spiro atoms. The third kappa shape index (κ3) is 2.50. The molecular weight excluding hydrogens is 304 g/mol. The summed E-state index contributed by atoms with van der Waals surface area (Å²) in [5.41, 5.74) is 0.0934. The predicted molar refractivity (Wildman–Crippen MR) is 81.7 cm³/mol. The van der Waals surface area contributed by atoms with Gasteiger partial charge in [0.2, 0.25) is 15.9 Å².